The van der Waals surface area contributed by atoms with Gasteiger partial charge in [-0.3, -0.25) is 9.78 Å². The quantitative estimate of drug-likeness (QED) is 0.855. The van der Waals surface area contributed by atoms with Gasteiger partial charge in [0.05, 0.1) is 5.52 Å². The number of fused-ring (bicyclic) bond motifs is 2. The molecule has 1 aromatic carbocycles. The fraction of sp³-hybridized carbons (Fsp3) is 0.375. The third kappa shape index (κ3) is 1.79. The van der Waals surface area contributed by atoms with Gasteiger partial charge in [0.2, 0.25) is 0 Å². The minimum Gasteiger partial charge on any atom is -0.334 e. The van der Waals surface area contributed by atoms with E-state index in [0.29, 0.717) is 12.0 Å². The van der Waals surface area contributed by atoms with Gasteiger partial charge in [0.1, 0.15) is 0 Å². The van der Waals surface area contributed by atoms with Gasteiger partial charge in [-0.1, -0.05) is 6.07 Å². The van der Waals surface area contributed by atoms with E-state index in [1.54, 1.807) is 6.20 Å². The van der Waals surface area contributed by atoms with Crippen LogP contribution in [0.4, 0.5) is 0 Å². The molecule has 3 heterocycles. The number of benzene rings is 1. The molecule has 0 spiro atoms. The van der Waals surface area contributed by atoms with E-state index in [9.17, 15) is 4.79 Å². The smallest absolute Gasteiger partial charge is 0.254 e. The monoisotopic (exact) mass is 267 g/mol. The molecule has 4 heteroatoms. The van der Waals surface area contributed by atoms with Crippen LogP contribution < -0.4 is 5.32 Å². The lowest BCUT2D eigenvalue weighted by Crippen LogP contribution is -2.39. The molecule has 1 N–H and O–H groups in total. The van der Waals surface area contributed by atoms with Gasteiger partial charge in [0, 0.05) is 42.8 Å². The zero-order valence-electron chi connectivity index (χ0n) is 11.2. The molecule has 2 saturated heterocycles. The second kappa shape index (κ2) is 4.56. The zero-order chi connectivity index (χ0) is 13.5. The Hall–Kier alpha value is -1.94. The number of pyridine rings is 1. The molecule has 2 atom stereocenters. The summed E-state index contributed by atoms with van der Waals surface area (Å²) in [6.45, 7) is 2.88. The van der Waals surface area contributed by atoms with Crippen molar-refractivity contribution < 1.29 is 4.79 Å². The van der Waals surface area contributed by atoms with E-state index < -0.39 is 0 Å². The first-order chi connectivity index (χ1) is 9.83. The molecule has 4 rings (SSSR count). The van der Waals surface area contributed by atoms with Crippen LogP contribution in [-0.2, 0) is 0 Å². The lowest BCUT2D eigenvalue weighted by atomic mass is 10.0. The van der Waals surface area contributed by atoms with Crippen LogP contribution in [0, 0.1) is 5.92 Å². The normalized spacial score (nSPS) is 25.1. The maximum atomic E-state index is 12.7. The van der Waals surface area contributed by atoms with Gasteiger partial charge < -0.3 is 10.2 Å². The summed E-state index contributed by atoms with van der Waals surface area (Å²) in [5.41, 5.74) is 1.71. The van der Waals surface area contributed by atoms with E-state index in [4.69, 9.17) is 0 Å². The molecule has 0 radical (unpaired) electrons. The molecule has 2 aromatic rings. The lowest BCUT2D eigenvalue weighted by molar-refractivity contribution is 0.0737. The Kier molecular flexibility index (Phi) is 2.70. The van der Waals surface area contributed by atoms with Gasteiger partial charge in [0.25, 0.3) is 5.91 Å². The van der Waals surface area contributed by atoms with E-state index in [0.717, 1.165) is 42.5 Å². The van der Waals surface area contributed by atoms with E-state index in [-0.39, 0.29) is 5.91 Å². The first kappa shape index (κ1) is 11.9. The topological polar surface area (TPSA) is 45.2 Å². The number of nitrogens with one attached hydrogen (secondary N) is 1. The fourth-order valence-corrected chi connectivity index (χ4v) is 3.48. The van der Waals surface area contributed by atoms with E-state index in [1.807, 2.05) is 35.2 Å². The number of amides is 1. The maximum Gasteiger partial charge on any atom is 0.254 e. The molecule has 2 aliphatic rings. The number of nitrogens with zero attached hydrogens (tertiary/aromatic N) is 2. The number of carbonyl (C=O) groups excluding carboxylic acids is 1. The first-order valence-corrected chi connectivity index (χ1v) is 7.19. The first-order valence-electron chi connectivity index (χ1n) is 7.19. The molecule has 4 nitrogen and oxygen atoms in total. The van der Waals surface area contributed by atoms with Crippen molar-refractivity contribution in [2.75, 3.05) is 19.6 Å². The molecule has 0 bridgehead atoms. The zero-order valence-corrected chi connectivity index (χ0v) is 11.2. The highest BCUT2D eigenvalue weighted by molar-refractivity contribution is 5.98. The number of hydrogen-bond donors (Lipinski definition) is 1. The van der Waals surface area contributed by atoms with Crippen LogP contribution >= 0.6 is 0 Å². The van der Waals surface area contributed by atoms with Gasteiger partial charge in [-0.2, -0.15) is 0 Å². The largest absolute Gasteiger partial charge is 0.334 e. The molecular weight excluding hydrogens is 250 g/mol. The van der Waals surface area contributed by atoms with Crippen molar-refractivity contribution in [2.24, 2.45) is 5.92 Å². The van der Waals surface area contributed by atoms with Crippen molar-refractivity contribution >= 4 is 16.8 Å². The third-order valence-corrected chi connectivity index (χ3v) is 4.56. The molecule has 1 amide bonds. The molecule has 2 fully saturated rings. The summed E-state index contributed by atoms with van der Waals surface area (Å²) in [7, 11) is 0. The van der Waals surface area contributed by atoms with Gasteiger partial charge in [0.15, 0.2) is 0 Å². The van der Waals surface area contributed by atoms with Crippen molar-refractivity contribution in [3.63, 3.8) is 0 Å². The third-order valence-electron chi connectivity index (χ3n) is 4.56. The number of aromatic nitrogens is 1. The summed E-state index contributed by atoms with van der Waals surface area (Å²) in [4.78, 5) is 19.1. The fourth-order valence-electron chi connectivity index (χ4n) is 3.48. The van der Waals surface area contributed by atoms with E-state index in [1.165, 1.54) is 0 Å². The highest BCUT2D eigenvalue weighted by Crippen LogP contribution is 2.28. The Labute approximate surface area is 117 Å². The lowest BCUT2D eigenvalue weighted by Gasteiger charge is -2.23. The molecule has 2 aliphatic heterocycles. The molecule has 0 unspecified atom stereocenters. The molecule has 0 saturated carbocycles. The minimum atomic E-state index is 0.159. The highest BCUT2D eigenvalue weighted by Gasteiger charge is 2.40. The van der Waals surface area contributed by atoms with Crippen molar-refractivity contribution in [2.45, 2.75) is 12.5 Å². The Balaban J connectivity index is 1.66. The van der Waals surface area contributed by atoms with Crippen LogP contribution in [0.2, 0.25) is 0 Å². The molecular formula is C16H17N3O. The molecule has 0 aliphatic carbocycles. The van der Waals surface area contributed by atoms with Crippen LogP contribution in [0.15, 0.2) is 36.5 Å². The van der Waals surface area contributed by atoms with Crippen LogP contribution in [-0.4, -0.2) is 41.5 Å². The average molecular weight is 267 g/mol. The van der Waals surface area contributed by atoms with Crippen LogP contribution in [0.5, 0.6) is 0 Å². The molecule has 1 aromatic heterocycles. The molecule has 102 valence electrons. The van der Waals surface area contributed by atoms with Gasteiger partial charge in [-0.05, 0) is 36.6 Å². The Bertz CT molecular complexity index is 670. The van der Waals surface area contributed by atoms with Crippen LogP contribution in [0.3, 0.4) is 0 Å². The predicted octanol–water partition coefficient (Wildman–Crippen LogP) is 1.67. The number of hydrogen-bond acceptors (Lipinski definition) is 3. The predicted molar refractivity (Wildman–Crippen MR) is 77.5 cm³/mol. The van der Waals surface area contributed by atoms with Crippen LogP contribution in [0.25, 0.3) is 10.9 Å². The van der Waals surface area contributed by atoms with Crippen LogP contribution in [0.1, 0.15) is 16.8 Å². The van der Waals surface area contributed by atoms with Gasteiger partial charge in [-0.15, -0.1) is 0 Å². The van der Waals surface area contributed by atoms with Crippen molar-refractivity contribution in [3.05, 3.63) is 42.1 Å². The van der Waals surface area contributed by atoms with Crippen molar-refractivity contribution in [1.82, 2.24) is 15.2 Å². The minimum absolute atomic E-state index is 0.159. The summed E-state index contributed by atoms with van der Waals surface area (Å²) >= 11 is 0. The number of rotatable bonds is 1. The summed E-state index contributed by atoms with van der Waals surface area (Å²) in [6.07, 6.45) is 2.90. The summed E-state index contributed by atoms with van der Waals surface area (Å²) < 4.78 is 0. The molecule has 20 heavy (non-hydrogen) atoms. The second-order valence-electron chi connectivity index (χ2n) is 5.68. The SMILES string of the molecule is O=C(c1ccc2ncccc2c1)N1CC[C@H]2CNC[C@H]21. The second-order valence-corrected chi connectivity index (χ2v) is 5.68. The number of likely N-dealkylation sites (tertiary alicyclic amines) is 1. The average Bonchev–Trinajstić information content (AvgIpc) is 3.09. The highest BCUT2D eigenvalue weighted by atomic mass is 16.2. The standard InChI is InChI=1S/C16H17N3O/c20-16(19-7-5-13-9-17-10-15(13)19)12-3-4-14-11(8-12)2-1-6-18-14/h1-4,6,8,13,15,17H,5,7,9-10H2/t13-,15+/m0/s1. The summed E-state index contributed by atoms with van der Waals surface area (Å²) in [5, 5.41) is 4.41. The van der Waals surface area contributed by atoms with E-state index in [2.05, 4.69) is 10.3 Å². The van der Waals surface area contributed by atoms with Gasteiger partial charge in [-0.25, -0.2) is 0 Å². The van der Waals surface area contributed by atoms with Crippen molar-refractivity contribution in [3.8, 4) is 0 Å². The van der Waals surface area contributed by atoms with Crippen molar-refractivity contribution in [1.29, 1.82) is 0 Å². The number of carbonyl (C=O) groups is 1. The Morgan fingerprint density at radius 2 is 2.25 bits per heavy atom. The Morgan fingerprint density at radius 1 is 1.30 bits per heavy atom. The summed E-state index contributed by atoms with van der Waals surface area (Å²) in [5.74, 6) is 0.799. The van der Waals surface area contributed by atoms with E-state index >= 15 is 0 Å². The Morgan fingerprint density at radius 3 is 3.20 bits per heavy atom. The van der Waals surface area contributed by atoms with Gasteiger partial charge >= 0.3 is 0 Å². The summed E-state index contributed by atoms with van der Waals surface area (Å²) in [6, 6.07) is 10.1. The maximum absolute atomic E-state index is 12.7.